The topological polar surface area (TPSA) is 87.7 Å². The van der Waals surface area contributed by atoms with Gasteiger partial charge >= 0.3 is 6.03 Å². The standard InChI is InChI=1S/C11H12N3O3/c1-7-10(14(16)17)9(13-11(15)12-7)8-5-3-2-4-6-8/h2-6,9,16H,1H3,(H2,12,13,15)/q-1/t9-/m1/s1. The first kappa shape index (κ1) is 11.4. The largest absolute Gasteiger partial charge is 0.734 e. The van der Waals surface area contributed by atoms with Crippen molar-refractivity contribution in [2.75, 3.05) is 0 Å². The quantitative estimate of drug-likeness (QED) is 0.676. The molecular formula is C11H12N3O3-. The summed E-state index contributed by atoms with van der Waals surface area (Å²) >= 11 is 0. The molecule has 0 bridgehead atoms. The molecule has 2 amide bonds. The molecule has 90 valence electrons. The Morgan fingerprint density at radius 3 is 2.59 bits per heavy atom. The fourth-order valence-electron chi connectivity index (χ4n) is 1.83. The van der Waals surface area contributed by atoms with Gasteiger partial charge in [0.15, 0.2) is 0 Å². The maximum atomic E-state index is 11.4. The molecule has 0 spiro atoms. The summed E-state index contributed by atoms with van der Waals surface area (Å²) in [7, 11) is 0. The molecule has 2 rings (SSSR count). The molecular weight excluding hydrogens is 222 g/mol. The number of nitrogens with one attached hydrogen (secondary N) is 2. The average Bonchev–Trinajstić information content (AvgIpc) is 2.28. The van der Waals surface area contributed by atoms with Crippen LogP contribution >= 0.6 is 0 Å². The van der Waals surface area contributed by atoms with Crippen molar-refractivity contribution in [2.24, 2.45) is 0 Å². The molecule has 0 aliphatic carbocycles. The van der Waals surface area contributed by atoms with Crippen LogP contribution in [0.2, 0.25) is 0 Å². The summed E-state index contributed by atoms with van der Waals surface area (Å²) in [6.07, 6.45) is 0. The van der Waals surface area contributed by atoms with Crippen molar-refractivity contribution in [2.45, 2.75) is 13.0 Å². The van der Waals surface area contributed by atoms with E-state index in [0.717, 1.165) is 5.56 Å². The summed E-state index contributed by atoms with van der Waals surface area (Å²) in [4.78, 5) is 11.4. The maximum absolute atomic E-state index is 11.4. The number of rotatable bonds is 2. The first-order valence-corrected chi connectivity index (χ1v) is 5.09. The highest BCUT2D eigenvalue weighted by Gasteiger charge is 2.26. The molecule has 17 heavy (non-hydrogen) atoms. The first-order chi connectivity index (χ1) is 8.09. The van der Waals surface area contributed by atoms with Crippen LogP contribution in [0.3, 0.4) is 0 Å². The van der Waals surface area contributed by atoms with Crippen LogP contribution in [0.5, 0.6) is 0 Å². The fraction of sp³-hybridized carbons (Fsp3) is 0.182. The second-order valence-electron chi connectivity index (χ2n) is 3.73. The van der Waals surface area contributed by atoms with E-state index in [-0.39, 0.29) is 10.9 Å². The Labute approximate surface area is 98.1 Å². The van der Waals surface area contributed by atoms with E-state index >= 15 is 0 Å². The molecule has 6 nitrogen and oxygen atoms in total. The maximum Gasteiger partial charge on any atom is 0.319 e. The van der Waals surface area contributed by atoms with Crippen LogP contribution in [0.25, 0.3) is 0 Å². The van der Waals surface area contributed by atoms with Crippen molar-refractivity contribution in [3.05, 3.63) is 52.5 Å². The third-order valence-corrected chi connectivity index (χ3v) is 2.57. The Balaban J connectivity index is 2.44. The van der Waals surface area contributed by atoms with Crippen LogP contribution in [0, 0.1) is 5.21 Å². The number of carbonyl (C=O) groups excluding carboxylic acids is 1. The second kappa shape index (κ2) is 4.44. The van der Waals surface area contributed by atoms with Gasteiger partial charge in [-0.05, 0) is 12.5 Å². The second-order valence-corrected chi connectivity index (χ2v) is 3.73. The van der Waals surface area contributed by atoms with Crippen LogP contribution in [-0.4, -0.2) is 16.5 Å². The van der Waals surface area contributed by atoms with E-state index in [4.69, 9.17) is 5.21 Å². The molecule has 6 heteroatoms. The molecule has 1 aromatic rings. The Morgan fingerprint density at radius 1 is 1.35 bits per heavy atom. The number of benzene rings is 1. The smallest absolute Gasteiger partial charge is 0.319 e. The molecule has 1 aliphatic rings. The third-order valence-electron chi connectivity index (χ3n) is 2.57. The van der Waals surface area contributed by atoms with Crippen LogP contribution in [0.4, 0.5) is 4.79 Å². The number of urea groups is 1. The van der Waals surface area contributed by atoms with Crippen molar-refractivity contribution in [1.29, 1.82) is 0 Å². The Kier molecular flexibility index (Phi) is 2.99. The predicted molar refractivity (Wildman–Crippen MR) is 60.5 cm³/mol. The van der Waals surface area contributed by atoms with Gasteiger partial charge in [0.2, 0.25) is 0 Å². The number of carbonyl (C=O) groups is 1. The van der Waals surface area contributed by atoms with Gasteiger partial charge < -0.3 is 21.1 Å². The average molecular weight is 234 g/mol. The van der Waals surface area contributed by atoms with Crippen molar-refractivity contribution < 1.29 is 10.0 Å². The third kappa shape index (κ3) is 2.22. The van der Waals surface area contributed by atoms with Crippen molar-refractivity contribution >= 4 is 6.03 Å². The van der Waals surface area contributed by atoms with Crippen LogP contribution in [0.15, 0.2) is 41.7 Å². The molecule has 1 heterocycles. The lowest BCUT2D eigenvalue weighted by Crippen LogP contribution is -2.46. The molecule has 3 N–H and O–H groups in total. The Bertz CT molecular complexity index is 456. The number of hydrogen-bond acceptors (Lipinski definition) is 4. The molecule has 1 aromatic carbocycles. The minimum atomic E-state index is -0.646. The van der Waals surface area contributed by atoms with Crippen molar-refractivity contribution in [3.8, 4) is 0 Å². The molecule has 1 aliphatic heterocycles. The molecule has 0 radical (unpaired) electrons. The number of hydroxylamine groups is 2. The number of hydrogen-bond donors (Lipinski definition) is 3. The zero-order chi connectivity index (χ0) is 12.4. The van der Waals surface area contributed by atoms with Gasteiger partial charge in [0.05, 0.1) is 11.7 Å². The van der Waals surface area contributed by atoms with Gasteiger partial charge in [-0.15, -0.1) is 0 Å². The molecule has 0 fully saturated rings. The number of allylic oxidation sites excluding steroid dienone is 1. The highest BCUT2D eigenvalue weighted by molar-refractivity contribution is 5.78. The SMILES string of the molecule is CC1=C(N([O-])O)[C@@H](c2ccccc2)NC(=O)N1. The normalized spacial score (nSPS) is 19.7. The Hall–Kier alpha value is -2.05. The summed E-state index contributed by atoms with van der Waals surface area (Å²) < 4.78 is 0. The van der Waals surface area contributed by atoms with Crippen LogP contribution < -0.4 is 10.6 Å². The molecule has 1 atom stereocenters. The lowest BCUT2D eigenvalue weighted by atomic mass is 10.0. The monoisotopic (exact) mass is 234 g/mol. The molecule has 0 saturated carbocycles. The summed E-state index contributed by atoms with van der Waals surface area (Å²) in [5.41, 5.74) is 1.14. The zero-order valence-corrected chi connectivity index (χ0v) is 9.18. The van der Waals surface area contributed by atoms with Crippen molar-refractivity contribution in [3.63, 3.8) is 0 Å². The first-order valence-electron chi connectivity index (χ1n) is 5.09. The summed E-state index contributed by atoms with van der Waals surface area (Å²) in [6, 6.07) is 7.91. The predicted octanol–water partition coefficient (Wildman–Crippen LogP) is 1.46. The van der Waals surface area contributed by atoms with Crippen molar-refractivity contribution in [1.82, 2.24) is 15.9 Å². The van der Waals surface area contributed by atoms with E-state index in [1.165, 1.54) is 0 Å². The molecule has 0 saturated heterocycles. The lowest BCUT2D eigenvalue weighted by Gasteiger charge is -2.36. The van der Waals surface area contributed by atoms with Gasteiger partial charge in [0, 0.05) is 5.70 Å². The minimum Gasteiger partial charge on any atom is -0.734 e. The summed E-state index contributed by atoms with van der Waals surface area (Å²) in [6.45, 7) is 1.56. The van der Waals surface area contributed by atoms with E-state index in [9.17, 15) is 10.0 Å². The van der Waals surface area contributed by atoms with Gasteiger partial charge in [-0.2, -0.15) is 0 Å². The van der Waals surface area contributed by atoms with E-state index in [2.05, 4.69) is 10.6 Å². The molecule has 0 unspecified atom stereocenters. The van der Waals surface area contributed by atoms with E-state index in [0.29, 0.717) is 5.70 Å². The molecule has 0 aromatic heterocycles. The number of amides is 2. The minimum absolute atomic E-state index is 0.0794. The van der Waals surface area contributed by atoms with Crippen LogP contribution in [0.1, 0.15) is 18.5 Å². The Morgan fingerprint density at radius 2 is 2.00 bits per heavy atom. The summed E-state index contributed by atoms with van der Waals surface area (Å²) in [5.74, 6) is 0. The highest BCUT2D eigenvalue weighted by Crippen LogP contribution is 2.27. The van der Waals surface area contributed by atoms with E-state index in [1.54, 1.807) is 31.2 Å². The fourth-order valence-corrected chi connectivity index (χ4v) is 1.83. The van der Waals surface area contributed by atoms with Gasteiger partial charge in [0.25, 0.3) is 0 Å². The summed E-state index contributed by atoms with van der Waals surface area (Å²) in [5, 5.41) is 25.0. The van der Waals surface area contributed by atoms with Gasteiger partial charge in [-0.3, -0.25) is 5.21 Å². The van der Waals surface area contributed by atoms with Crippen LogP contribution in [-0.2, 0) is 0 Å². The van der Waals surface area contributed by atoms with Gasteiger partial charge in [0.1, 0.15) is 0 Å². The number of nitrogens with zero attached hydrogens (tertiary/aromatic N) is 1. The van der Waals surface area contributed by atoms with E-state index < -0.39 is 12.1 Å². The van der Waals surface area contributed by atoms with Gasteiger partial charge in [-0.25, -0.2) is 4.79 Å². The van der Waals surface area contributed by atoms with E-state index in [1.807, 2.05) is 6.07 Å². The lowest BCUT2D eigenvalue weighted by molar-refractivity contribution is -0.0139. The van der Waals surface area contributed by atoms with Gasteiger partial charge in [-0.1, -0.05) is 30.3 Å². The zero-order valence-electron chi connectivity index (χ0n) is 9.18. The highest BCUT2D eigenvalue weighted by atomic mass is 16.8.